The Morgan fingerprint density at radius 2 is 2.18 bits per heavy atom. The summed E-state index contributed by atoms with van der Waals surface area (Å²) < 4.78 is 27.0. The monoisotopic (exact) mass is 296 g/mol. The van der Waals surface area contributed by atoms with Crippen molar-refractivity contribution in [2.75, 3.05) is 6.61 Å². The molecular formula is C10H13ClO4S2. The predicted octanol–water partition coefficient (Wildman–Crippen LogP) is 2.56. The van der Waals surface area contributed by atoms with Crippen LogP contribution in [0.4, 0.5) is 0 Å². The lowest BCUT2D eigenvalue weighted by Gasteiger charge is -2.01. The number of carbonyl (C=O) groups excluding carboxylic acids is 1. The largest absolute Gasteiger partial charge is 0.465 e. The number of ether oxygens (including phenoxy) is 1. The van der Waals surface area contributed by atoms with E-state index in [9.17, 15) is 13.2 Å². The number of thiophene rings is 1. The van der Waals surface area contributed by atoms with Crippen LogP contribution in [0.1, 0.15) is 24.6 Å². The van der Waals surface area contributed by atoms with Gasteiger partial charge in [0.05, 0.1) is 13.0 Å². The molecule has 0 atom stereocenters. The van der Waals surface area contributed by atoms with Crippen molar-refractivity contribution >= 4 is 37.0 Å². The van der Waals surface area contributed by atoms with Gasteiger partial charge in [0, 0.05) is 15.6 Å². The van der Waals surface area contributed by atoms with E-state index >= 15 is 0 Å². The quantitative estimate of drug-likeness (QED) is 0.460. The number of unbranched alkanes of at least 4 members (excludes halogenated alkanes) is 1. The highest BCUT2D eigenvalue weighted by Crippen LogP contribution is 2.25. The molecule has 0 saturated carbocycles. The second kappa shape index (κ2) is 6.37. The second-order valence-corrected chi connectivity index (χ2v) is 7.37. The summed E-state index contributed by atoms with van der Waals surface area (Å²) in [6, 6.07) is 2.96. The number of hydrogen-bond donors (Lipinski definition) is 0. The Morgan fingerprint density at radius 1 is 1.47 bits per heavy atom. The Morgan fingerprint density at radius 3 is 2.71 bits per heavy atom. The van der Waals surface area contributed by atoms with E-state index in [0.717, 1.165) is 24.2 Å². The zero-order valence-corrected chi connectivity index (χ0v) is 11.7. The van der Waals surface area contributed by atoms with Crippen LogP contribution in [0.3, 0.4) is 0 Å². The summed E-state index contributed by atoms with van der Waals surface area (Å²) in [6.07, 6.45) is 1.87. The van der Waals surface area contributed by atoms with E-state index in [4.69, 9.17) is 15.4 Å². The van der Waals surface area contributed by atoms with Crippen molar-refractivity contribution in [3.63, 3.8) is 0 Å². The van der Waals surface area contributed by atoms with Crippen LogP contribution >= 0.6 is 22.0 Å². The fourth-order valence-electron chi connectivity index (χ4n) is 1.11. The van der Waals surface area contributed by atoms with Crippen LogP contribution < -0.4 is 0 Å². The molecule has 17 heavy (non-hydrogen) atoms. The van der Waals surface area contributed by atoms with Crippen molar-refractivity contribution in [3.8, 4) is 0 Å². The lowest BCUT2D eigenvalue weighted by atomic mass is 10.3. The summed E-state index contributed by atoms with van der Waals surface area (Å²) >= 11 is 0.987. The summed E-state index contributed by atoms with van der Waals surface area (Å²) in [7, 11) is 1.48. The summed E-state index contributed by atoms with van der Waals surface area (Å²) in [4.78, 5) is 12.0. The number of carbonyl (C=O) groups is 1. The molecule has 1 aromatic heterocycles. The van der Waals surface area contributed by atoms with Crippen molar-refractivity contribution in [3.05, 3.63) is 17.0 Å². The normalized spacial score (nSPS) is 11.4. The third-order valence-electron chi connectivity index (χ3n) is 1.96. The van der Waals surface area contributed by atoms with Crippen molar-refractivity contribution in [1.29, 1.82) is 0 Å². The van der Waals surface area contributed by atoms with Crippen molar-refractivity contribution in [2.45, 2.75) is 30.4 Å². The maximum absolute atomic E-state index is 11.3. The molecule has 7 heteroatoms. The minimum atomic E-state index is -3.70. The fourth-order valence-corrected chi connectivity index (χ4v) is 3.22. The highest BCUT2D eigenvalue weighted by atomic mass is 35.7. The predicted molar refractivity (Wildman–Crippen MR) is 66.9 cm³/mol. The highest BCUT2D eigenvalue weighted by Gasteiger charge is 2.14. The minimum absolute atomic E-state index is 0.0514. The molecule has 0 bridgehead atoms. The van der Waals surface area contributed by atoms with Crippen LogP contribution in [0.2, 0.25) is 0 Å². The first-order valence-electron chi connectivity index (χ1n) is 5.12. The Bertz CT molecular complexity index is 478. The zero-order valence-electron chi connectivity index (χ0n) is 9.31. The molecule has 1 aromatic rings. The van der Waals surface area contributed by atoms with Crippen molar-refractivity contribution in [1.82, 2.24) is 0 Å². The first-order chi connectivity index (χ1) is 7.93. The lowest BCUT2D eigenvalue weighted by Crippen LogP contribution is -2.07. The van der Waals surface area contributed by atoms with Crippen LogP contribution in [-0.4, -0.2) is 21.0 Å². The summed E-state index contributed by atoms with van der Waals surface area (Å²) in [5.41, 5.74) is 0. The van der Waals surface area contributed by atoms with E-state index in [1.807, 2.05) is 6.92 Å². The van der Waals surface area contributed by atoms with Crippen LogP contribution in [0, 0.1) is 0 Å². The van der Waals surface area contributed by atoms with Crippen LogP contribution in [0.5, 0.6) is 0 Å². The average Bonchev–Trinajstić information content (AvgIpc) is 2.66. The van der Waals surface area contributed by atoms with Gasteiger partial charge in [0.25, 0.3) is 9.05 Å². The molecule has 0 radical (unpaired) electrons. The van der Waals surface area contributed by atoms with Gasteiger partial charge in [0.2, 0.25) is 0 Å². The van der Waals surface area contributed by atoms with Gasteiger partial charge >= 0.3 is 5.97 Å². The van der Waals surface area contributed by atoms with Gasteiger partial charge in [-0.15, -0.1) is 11.3 Å². The van der Waals surface area contributed by atoms with Crippen molar-refractivity contribution in [2.24, 2.45) is 0 Å². The molecule has 96 valence electrons. The van der Waals surface area contributed by atoms with Gasteiger partial charge < -0.3 is 4.74 Å². The van der Waals surface area contributed by atoms with E-state index in [0.29, 0.717) is 11.5 Å². The summed E-state index contributed by atoms with van der Waals surface area (Å²) in [5, 5.41) is 0. The summed E-state index contributed by atoms with van der Waals surface area (Å²) in [5.74, 6) is -0.348. The smallest absolute Gasteiger partial charge is 0.311 e. The van der Waals surface area contributed by atoms with Crippen LogP contribution in [0.15, 0.2) is 16.3 Å². The molecule has 1 heterocycles. The first kappa shape index (κ1) is 14.5. The van der Waals surface area contributed by atoms with E-state index in [-0.39, 0.29) is 16.6 Å². The van der Waals surface area contributed by atoms with Gasteiger partial charge in [0.15, 0.2) is 0 Å². The molecule has 0 aliphatic carbocycles. The number of hydrogen-bond acceptors (Lipinski definition) is 5. The topological polar surface area (TPSA) is 60.4 Å². The number of esters is 1. The van der Waals surface area contributed by atoms with Crippen LogP contribution in [0.25, 0.3) is 0 Å². The first-order valence-corrected chi connectivity index (χ1v) is 8.25. The maximum Gasteiger partial charge on any atom is 0.311 e. The van der Waals surface area contributed by atoms with E-state index in [1.165, 1.54) is 6.07 Å². The third-order valence-corrected chi connectivity index (χ3v) is 5.13. The van der Waals surface area contributed by atoms with Crippen molar-refractivity contribution < 1.29 is 17.9 Å². The van der Waals surface area contributed by atoms with Crippen LogP contribution in [-0.2, 0) is 25.0 Å². The maximum atomic E-state index is 11.3. The molecule has 4 nitrogen and oxygen atoms in total. The molecule has 0 aromatic carbocycles. The minimum Gasteiger partial charge on any atom is -0.465 e. The molecule has 0 amide bonds. The van der Waals surface area contributed by atoms with Gasteiger partial charge in [-0.1, -0.05) is 13.3 Å². The second-order valence-electron chi connectivity index (χ2n) is 3.41. The molecule has 0 fully saturated rings. The number of rotatable bonds is 6. The Labute approximate surface area is 109 Å². The molecule has 0 aliphatic heterocycles. The molecular weight excluding hydrogens is 284 g/mol. The van der Waals surface area contributed by atoms with E-state index in [2.05, 4.69) is 0 Å². The molecule has 0 N–H and O–H groups in total. The third kappa shape index (κ3) is 5.06. The van der Waals surface area contributed by atoms with E-state index < -0.39 is 9.05 Å². The molecule has 1 rings (SSSR count). The van der Waals surface area contributed by atoms with Gasteiger partial charge in [-0.05, 0) is 18.6 Å². The standard InChI is InChI=1S/C10H13ClO4S2/c1-2-3-6-15-9(12)7-8-4-5-10(16-8)17(11,13)14/h4-5H,2-3,6-7H2,1H3. The Hall–Kier alpha value is -0.590. The number of halogens is 1. The van der Waals surface area contributed by atoms with Gasteiger partial charge in [0.1, 0.15) is 4.21 Å². The SMILES string of the molecule is CCCCOC(=O)Cc1ccc(S(=O)(=O)Cl)s1. The van der Waals surface area contributed by atoms with E-state index in [1.54, 1.807) is 6.07 Å². The summed E-state index contributed by atoms with van der Waals surface area (Å²) in [6.45, 7) is 2.41. The molecule has 0 saturated heterocycles. The fraction of sp³-hybridized carbons (Fsp3) is 0.500. The van der Waals surface area contributed by atoms with Gasteiger partial charge in [-0.2, -0.15) is 0 Å². The Kier molecular flexibility index (Phi) is 5.42. The lowest BCUT2D eigenvalue weighted by molar-refractivity contribution is -0.142. The average molecular weight is 297 g/mol. The zero-order chi connectivity index (χ0) is 12.9. The van der Waals surface area contributed by atoms with Gasteiger partial charge in [-0.25, -0.2) is 8.42 Å². The molecule has 0 aliphatic rings. The Balaban J connectivity index is 2.52. The van der Waals surface area contributed by atoms with Gasteiger partial charge in [-0.3, -0.25) is 4.79 Å². The molecule has 0 spiro atoms. The molecule has 0 unspecified atom stereocenters. The highest BCUT2D eigenvalue weighted by molar-refractivity contribution is 8.15.